The molecule has 31 heavy (non-hydrogen) atoms. The fourth-order valence-corrected chi connectivity index (χ4v) is 4.38. The summed E-state index contributed by atoms with van der Waals surface area (Å²) in [6.45, 7) is 4.87. The number of fused-ring (bicyclic) bond motifs is 5. The third kappa shape index (κ3) is 3.38. The summed E-state index contributed by atoms with van der Waals surface area (Å²) in [7, 11) is 0. The van der Waals surface area contributed by atoms with Gasteiger partial charge in [0.05, 0.1) is 30.2 Å². The topological polar surface area (TPSA) is 108 Å². The molecule has 0 aromatic heterocycles. The van der Waals surface area contributed by atoms with Crippen molar-refractivity contribution in [2.75, 3.05) is 11.5 Å². The molecule has 0 spiro atoms. The Hall–Kier alpha value is -3.20. The first-order chi connectivity index (χ1) is 14.8. The lowest BCUT2D eigenvalue weighted by Crippen LogP contribution is -2.52. The summed E-state index contributed by atoms with van der Waals surface area (Å²) in [5.74, 6) is -3.50. The SMILES string of the molecule is CCCOc1ccc(N2C(=O)[C@H]3[C@@H]4C=C[C@](C(OC(C)=O)OC(C)=O)(O4)[C@@H]3C2=O)cc1. The largest absolute Gasteiger partial charge is 0.494 e. The van der Waals surface area contributed by atoms with Crippen LogP contribution in [0.2, 0.25) is 0 Å². The van der Waals surface area contributed by atoms with Gasteiger partial charge in [0, 0.05) is 13.8 Å². The van der Waals surface area contributed by atoms with Gasteiger partial charge in [-0.15, -0.1) is 0 Å². The normalized spacial score (nSPS) is 28.3. The second-order valence-corrected chi connectivity index (χ2v) is 7.70. The van der Waals surface area contributed by atoms with Crippen LogP contribution in [-0.4, -0.2) is 48.4 Å². The zero-order valence-corrected chi connectivity index (χ0v) is 17.4. The molecule has 2 saturated heterocycles. The summed E-state index contributed by atoms with van der Waals surface area (Å²) in [5.41, 5.74) is -1.16. The molecule has 4 atom stereocenters. The predicted molar refractivity (Wildman–Crippen MR) is 106 cm³/mol. The van der Waals surface area contributed by atoms with Crippen molar-refractivity contribution in [3.8, 4) is 5.75 Å². The van der Waals surface area contributed by atoms with E-state index in [1.54, 1.807) is 36.4 Å². The quantitative estimate of drug-likeness (QED) is 0.279. The van der Waals surface area contributed by atoms with E-state index in [2.05, 4.69) is 0 Å². The molecule has 0 radical (unpaired) electrons. The number of imide groups is 1. The third-order valence-electron chi connectivity index (χ3n) is 5.56. The van der Waals surface area contributed by atoms with Crippen molar-refractivity contribution in [3.05, 3.63) is 36.4 Å². The minimum absolute atomic E-state index is 0.402. The summed E-state index contributed by atoms with van der Waals surface area (Å²) in [6.07, 6.45) is 1.87. The van der Waals surface area contributed by atoms with Crippen LogP contribution in [0.5, 0.6) is 5.75 Å². The number of ether oxygens (including phenoxy) is 4. The average molecular weight is 429 g/mol. The summed E-state index contributed by atoms with van der Waals surface area (Å²) in [6, 6.07) is 6.67. The molecule has 3 aliphatic heterocycles. The molecule has 0 aliphatic carbocycles. The molecule has 3 aliphatic rings. The number of rotatable bonds is 7. The van der Waals surface area contributed by atoms with E-state index in [0.29, 0.717) is 18.0 Å². The maximum absolute atomic E-state index is 13.4. The Morgan fingerprint density at radius 2 is 1.74 bits per heavy atom. The minimum atomic E-state index is -1.56. The number of esters is 2. The van der Waals surface area contributed by atoms with Crippen molar-refractivity contribution in [3.63, 3.8) is 0 Å². The van der Waals surface area contributed by atoms with Crippen molar-refractivity contribution in [2.24, 2.45) is 11.8 Å². The van der Waals surface area contributed by atoms with Gasteiger partial charge in [0.25, 0.3) is 6.29 Å². The van der Waals surface area contributed by atoms with E-state index in [9.17, 15) is 19.2 Å². The van der Waals surface area contributed by atoms with E-state index in [4.69, 9.17) is 18.9 Å². The number of carbonyl (C=O) groups excluding carboxylic acids is 4. The second-order valence-electron chi connectivity index (χ2n) is 7.70. The van der Waals surface area contributed by atoms with Gasteiger partial charge in [-0.25, -0.2) is 4.90 Å². The number of hydrogen-bond donors (Lipinski definition) is 0. The Bertz CT molecular complexity index is 939. The summed E-state index contributed by atoms with van der Waals surface area (Å²) >= 11 is 0. The first-order valence-electron chi connectivity index (χ1n) is 10.1. The van der Waals surface area contributed by atoms with Gasteiger partial charge in [0.2, 0.25) is 11.8 Å². The van der Waals surface area contributed by atoms with Crippen molar-refractivity contribution in [1.29, 1.82) is 0 Å². The van der Waals surface area contributed by atoms with Crippen LogP contribution in [0.3, 0.4) is 0 Å². The molecule has 1 aromatic rings. The molecule has 0 unspecified atom stereocenters. The van der Waals surface area contributed by atoms with Crippen LogP contribution in [0, 0.1) is 11.8 Å². The van der Waals surface area contributed by atoms with Crippen LogP contribution < -0.4 is 9.64 Å². The van der Waals surface area contributed by atoms with Gasteiger partial charge in [-0.2, -0.15) is 0 Å². The fourth-order valence-electron chi connectivity index (χ4n) is 4.38. The molecule has 1 aromatic carbocycles. The van der Waals surface area contributed by atoms with Crippen molar-refractivity contribution >= 4 is 29.4 Å². The van der Waals surface area contributed by atoms with Crippen molar-refractivity contribution in [1.82, 2.24) is 0 Å². The first-order valence-corrected chi connectivity index (χ1v) is 10.1. The molecule has 2 bridgehead atoms. The van der Waals surface area contributed by atoms with E-state index in [-0.39, 0.29) is 0 Å². The van der Waals surface area contributed by atoms with Crippen molar-refractivity contribution in [2.45, 2.75) is 45.2 Å². The number of carbonyl (C=O) groups is 4. The number of benzene rings is 1. The van der Waals surface area contributed by atoms with Crippen LogP contribution in [0.1, 0.15) is 27.2 Å². The molecule has 0 N–H and O–H groups in total. The van der Waals surface area contributed by atoms with Crippen LogP contribution in [0.25, 0.3) is 0 Å². The molecule has 2 amide bonds. The number of amides is 2. The Morgan fingerprint density at radius 1 is 1.10 bits per heavy atom. The average Bonchev–Trinajstić information content (AvgIpc) is 3.37. The Labute approximate surface area is 178 Å². The Kier molecular flexibility index (Phi) is 5.30. The highest BCUT2D eigenvalue weighted by molar-refractivity contribution is 6.23. The van der Waals surface area contributed by atoms with Gasteiger partial charge in [0.1, 0.15) is 5.75 Å². The van der Waals surface area contributed by atoms with Gasteiger partial charge >= 0.3 is 11.9 Å². The molecular formula is C22H23NO8. The number of anilines is 1. The minimum Gasteiger partial charge on any atom is -0.494 e. The Morgan fingerprint density at radius 3 is 2.32 bits per heavy atom. The van der Waals surface area contributed by atoms with E-state index in [1.165, 1.54) is 0 Å². The molecule has 0 saturated carbocycles. The lowest BCUT2D eigenvalue weighted by Gasteiger charge is -2.34. The third-order valence-corrected chi connectivity index (χ3v) is 5.56. The molecule has 9 nitrogen and oxygen atoms in total. The predicted octanol–water partition coefficient (Wildman–Crippen LogP) is 1.74. The van der Waals surface area contributed by atoms with Gasteiger partial charge in [-0.05, 0) is 36.8 Å². The highest BCUT2D eigenvalue weighted by atomic mass is 16.7. The van der Waals surface area contributed by atoms with Crippen LogP contribution in [0.4, 0.5) is 5.69 Å². The van der Waals surface area contributed by atoms with E-state index in [0.717, 1.165) is 25.2 Å². The standard InChI is InChI=1S/C22H23NO8/c1-4-11-28-15-7-5-14(6-8-15)23-19(26)17-16-9-10-22(31-16,18(17)20(23)27)21(29-12(2)24)30-13(3)25/h5-10,16-18,21H,4,11H2,1-3H3/t16-,17-,18-,22-/m0/s1. The summed E-state index contributed by atoms with van der Waals surface area (Å²) in [5, 5.41) is 0. The lowest BCUT2D eigenvalue weighted by molar-refractivity contribution is -0.226. The van der Waals surface area contributed by atoms with E-state index < -0.39 is 53.6 Å². The molecule has 9 heteroatoms. The highest BCUT2D eigenvalue weighted by Gasteiger charge is 2.72. The molecular weight excluding hydrogens is 406 g/mol. The lowest BCUT2D eigenvalue weighted by atomic mass is 9.76. The van der Waals surface area contributed by atoms with Crippen LogP contribution >= 0.6 is 0 Å². The maximum atomic E-state index is 13.4. The highest BCUT2D eigenvalue weighted by Crippen LogP contribution is 2.54. The van der Waals surface area contributed by atoms with Crippen molar-refractivity contribution < 1.29 is 38.1 Å². The Balaban J connectivity index is 1.65. The van der Waals surface area contributed by atoms with Gasteiger partial charge in [0.15, 0.2) is 5.60 Å². The number of hydrogen-bond acceptors (Lipinski definition) is 8. The smallest absolute Gasteiger partial charge is 0.305 e. The monoisotopic (exact) mass is 429 g/mol. The zero-order chi connectivity index (χ0) is 22.3. The second kappa shape index (κ2) is 7.81. The van der Waals surface area contributed by atoms with Gasteiger partial charge in [-0.3, -0.25) is 19.2 Å². The van der Waals surface area contributed by atoms with E-state index in [1.807, 2.05) is 6.92 Å². The van der Waals surface area contributed by atoms with Gasteiger partial charge < -0.3 is 18.9 Å². The molecule has 2 fully saturated rings. The molecule has 4 rings (SSSR count). The summed E-state index contributed by atoms with van der Waals surface area (Å²) in [4.78, 5) is 51.0. The van der Waals surface area contributed by atoms with Crippen LogP contribution in [-0.2, 0) is 33.4 Å². The molecule has 164 valence electrons. The maximum Gasteiger partial charge on any atom is 0.305 e. The number of nitrogens with zero attached hydrogens (tertiary/aromatic N) is 1. The first kappa shape index (κ1) is 21.0. The fraction of sp³-hybridized carbons (Fsp3) is 0.455. The van der Waals surface area contributed by atoms with Crippen LogP contribution in [0.15, 0.2) is 36.4 Å². The molecule has 3 heterocycles. The summed E-state index contributed by atoms with van der Waals surface area (Å²) < 4.78 is 21.9. The zero-order valence-electron chi connectivity index (χ0n) is 17.4. The van der Waals surface area contributed by atoms with Gasteiger partial charge in [-0.1, -0.05) is 13.0 Å². The van der Waals surface area contributed by atoms with E-state index >= 15 is 0 Å².